The summed E-state index contributed by atoms with van der Waals surface area (Å²) in [5.74, 6) is 0.795. The lowest BCUT2D eigenvalue weighted by Gasteiger charge is -2.07. The summed E-state index contributed by atoms with van der Waals surface area (Å²) in [4.78, 5) is 4.80. The molecule has 0 amide bonds. The molecule has 0 bridgehead atoms. The molecule has 0 aliphatic heterocycles. The molecular weight excluding hydrogens is 296 g/mol. The van der Waals surface area contributed by atoms with Gasteiger partial charge in [0.15, 0.2) is 0 Å². The van der Waals surface area contributed by atoms with Crippen molar-refractivity contribution in [2.24, 2.45) is 0 Å². The highest BCUT2D eigenvalue weighted by Gasteiger charge is 2.11. The van der Waals surface area contributed by atoms with Crippen molar-refractivity contribution >= 4 is 17.0 Å². The van der Waals surface area contributed by atoms with Crippen molar-refractivity contribution in [2.45, 2.75) is 6.61 Å². The van der Waals surface area contributed by atoms with E-state index < -0.39 is 0 Å². The predicted molar refractivity (Wildman–Crippen MR) is 84.8 cm³/mol. The fourth-order valence-corrected chi connectivity index (χ4v) is 2.09. The standard InChI is InChI=1S/C16H16N4O3/c1-22-13-7-8-14-15(9-13)20(21)19-16(18-14)17-11-23-10-12-5-3-2-4-6-12/h2-9H,10-11H2,1H3,(H,17,18,19). The highest BCUT2D eigenvalue weighted by molar-refractivity contribution is 5.73. The van der Waals surface area contributed by atoms with Gasteiger partial charge in [-0.05, 0) is 22.5 Å². The first-order valence-corrected chi connectivity index (χ1v) is 7.07. The molecule has 0 atom stereocenters. The van der Waals surface area contributed by atoms with Crippen molar-refractivity contribution in [3.63, 3.8) is 0 Å². The number of benzene rings is 2. The lowest BCUT2D eigenvalue weighted by Crippen LogP contribution is -2.33. The molecule has 0 aliphatic rings. The second kappa shape index (κ2) is 6.89. The third kappa shape index (κ3) is 3.64. The van der Waals surface area contributed by atoms with E-state index in [4.69, 9.17) is 9.47 Å². The normalized spacial score (nSPS) is 10.7. The van der Waals surface area contributed by atoms with Crippen LogP contribution in [0.25, 0.3) is 11.0 Å². The summed E-state index contributed by atoms with van der Waals surface area (Å²) in [5.41, 5.74) is 1.95. The van der Waals surface area contributed by atoms with Gasteiger partial charge >= 0.3 is 0 Å². The van der Waals surface area contributed by atoms with Crippen LogP contribution in [-0.2, 0) is 11.3 Å². The molecule has 3 rings (SSSR count). The quantitative estimate of drug-likeness (QED) is 0.324. The van der Waals surface area contributed by atoms with E-state index in [9.17, 15) is 5.21 Å². The number of anilines is 1. The number of hydrogen-bond donors (Lipinski definition) is 1. The van der Waals surface area contributed by atoms with Crippen molar-refractivity contribution in [2.75, 3.05) is 19.2 Å². The van der Waals surface area contributed by atoms with Crippen molar-refractivity contribution < 1.29 is 14.3 Å². The van der Waals surface area contributed by atoms with Crippen LogP contribution in [0.4, 0.5) is 5.95 Å². The summed E-state index contributed by atoms with van der Waals surface area (Å²) < 4.78 is 10.6. The third-order valence-corrected chi connectivity index (χ3v) is 3.24. The number of hydrogen-bond acceptors (Lipinski definition) is 6. The molecule has 1 heterocycles. The number of rotatable bonds is 6. The fourth-order valence-electron chi connectivity index (χ4n) is 2.09. The molecule has 7 nitrogen and oxygen atoms in total. The summed E-state index contributed by atoms with van der Waals surface area (Å²) in [6.07, 6.45) is 0. The molecule has 1 aromatic heterocycles. The second-order valence-electron chi connectivity index (χ2n) is 4.82. The molecule has 118 valence electrons. The average Bonchev–Trinajstić information content (AvgIpc) is 2.59. The lowest BCUT2D eigenvalue weighted by molar-refractivity contribution is -0.641. The molecule has 0 radical (unpaired) electrons. The second-order valence-corrected chi connectivity index (χ2v) is 4.82. The Morgan fingerprint density at radius 2 is 2.00 bits per heavy atom. The summed E-state index contributed by atoms with van der Waals surface area (Å²) in [5, 5.41) is 18.7. The summed E-state index contributed by atoms with van der Waals surface area (Å²) in [6.45, 7) is 0.673. The zero-order valence-corrected chi connectivity index (χ0v) is 12.6. The van der Waals surface area contributed by atoms with Gasteiger partial charge in [-0.15, -0.1) is 0 Å². The number of aromatic nitrogens is 3. The molecule has 0 saturated heterocycles. The molecule has 0 unspecified atom stereocenters. The monoisotopic (exact) mass is 312 g/mol. The molecule has 0 spiro atoms. The van der Waals surface area contributed by atoms with Crippen LogP contribution in [-0.4, -0.2) is 23.9 Å². The van der Waals surface area contributed by atoms with Gasteiger partial charge in [0.25, 0.3) is 11.5 Å². The molecule has 0 aliphatic carbocycles. The minimum absolute atomic E-state index is 0.205. The Morgan fingerprint density at radius 3 is 2.78 bits per heavy atom. The zero-order valence-electron chi connectivity index (χ0n) is 12.6. The highest BCUT2D eigenvalue weighted by Crippen LogP contribution is 2.16. The molecule has 0 fully saturated rings. The van der Waals surface area contributed by atoms with Gasteiger partial charge in [0.05, 0.1) is 24.9 Å². The minimum atomic E-state index is 0.205. The van der Waals surface area contributed by atoms with Crippen molar-refractivity contribution in [3.8, 4) is 5.75 Å². The first kappa shape index (κ1) is 15.0. The number of fused-ring (bicyclic) bond motifs is 1. The fraction of sp³-hybridized carbons (Fsp3) is 0.188. The Hall–Kier alpha value is -2.93. The van der Waals surface area contributed by atoms with E-state index in [0.29, 0.717) is 28.2 Å². The number of nitrogens with zero attached hydrogens (tertiary/aromatic N) is 3. The van der Waals surface area contributed by atoms with Crippen molar-refractivity contribution in [1.82, 2.24) is 10.1 Å². The molecule has 23 heavy (non-hydrogen) atoms. The topological polar surface area (TPSA) is 83.2 Å². The largest absolute Gasteiger partial charge is 0.594 e. The first-order valence-electron chi connectivity index (χ1n) is 7.07. The van der Waals surface area contributed by atoms with Gasteiger partial charge in [-0.25, -0.2) is 4.98 Å². The summed E-state index contributed by atoms with van der Waals surface area (Å²) in [7, 11) is 1.54. The van der Waals surface area contributed by atoms with Crippen LogP contribution in [0.5, 0.6) is 5.75 Å². The smallest absolute Gasteiger partial charge is 0.292 e. The molecule has 2 aromatic carbocycles. The molecular formula is C16H16N4O3. The Morgan fingerprint density at radius 1 is 1.17 bits per heavy atom. The maximum Gasteiger partial charge on any atom is 0.292 e. The molecule has 3 aromatic rings. The Balaban J connectivity index is 1.64. The number of nitrogens with one attached hydrogen (secondary N) is 1. The van der Waals surface area contributed by atoms with Crippen molar-refractivity contribution in [3.05, 3.63) is 59.3 Å². The molecule has 1 N–H and O–H groups in total. The first-order chi connectivity index (χ1) is 11.3. The van der Waals surface area contributed by atoms with Crippen LogP contribution in [0.15, 0.2) is 48.5 Å². The van der Waals surface area contributed by atoms with Gasteiger partial charge in [-0.3, -0.25) is 0 Å². The van der Waals surface area contributed by atoms with Crippen LogP contribution < -0.4 is 14.9 Å². The Kier molecular flexibility index (Phi) is 4.49. The van der Waals surface area contributed by atoms with E-state index in [1.807, 2.05) is 30.3 Å². The van der Waals surface area contributed by atoms with Crippen LogP contribution >= 0.6 is 0 Å². The van der Waals surface area contributed by atoms with Gasteiger partial charge in [0.1, 0.15) is 18.0 Å². The molecule has 7 heteroatoms. The molecule has 0 saturated carbocycles. The van der Waals surface area contributed by atoms with Gasteiger partial charge < -0.3 is 20.0 Å². The van der Waals surface area contributed by atoms with Gasteiger partial charge in [0, 0.05) is 0 Å². The van der Waals surface area contributed by atoms with E-state index in [1.54, 1.807) is 18.2 Å². The van der Waals surface area contributed by atoms with E-state index >= 15 is 0 Å². The summed E-state index contributed by atoms with van der Waals surface area (Å²) >= 11 is 0. The maximum absolute atomic E-state index is 12.0. The van der Waals surface area contributed by atoms with E-state index in [0.717, 1.165) is 5.56 Å². The number of ether oxygens (including phenoxy) is 2. The van der Waals surface area contributed by atoms with Gasteiger partial charge in [-0.2, -0.15) is 0 Å². The lowest BCUT2D eigenvalue weighted by atomic mass is 10.2. The maximum atomic E-state index is 12.0. The highest BCUT2D eigenvalue weighted by atomic mass is 16.5. The Bertz CT molecular complexity index is 796. The third-order valence-electron chi connectivity index (χ3n) is 3.24. The van der Waals surface area contributed by atoms with E-state index in [1.165, 1.54) is 7.11 Å². The van der Waals surface area contributed by atoms with E-state index in [2.05, 4.69) is 15.4 Å². The van der Waals surface area contributed by atoms with Crippen molar-refractivity contribution in [1.29, 1.82) is 0 Å². The SMILES string of the molecule is COc1ccc2nc(NCOCc3ccccc3)n[n+]([O-])c2c1. The van der Waals surface area contributed by atoms with E-state index in [-0.39, 0.29) is 12.7 Å². The predicted octanol–water partition coefficient (Wildman–Crippen LogP) is 1.86. The van der Waals surface area contributed by atoms with Gasteiger partial charge in [0.2, 0.25) is 0 Å². The summed E-state index contributed by atoms with van der Waals surface area (Å²) in [6, 6.07) is 14.9. The van der Waals surface area contributed by atoms with Gasteiger partial charge in [-0.1, -0.05) is 30.3 Å². The van der Waals surface area contributed by atoms with Crippen LogP contribution in [0.2, 0.25) is 0 Å². The number of methoxy groups -OCH3 is 1. The zero-order chi connectivity index (χ0) is 16.1. The minimum Gasteiger partial charge on any atom is -0.594 e. The van der Waals surface area contributed by atoms with Crippen LogP contribution in [0.1, 0.15) is 5.56 Å². The van der Waals surface area contributed by atoms with Crippen LogP contribution in [0.3, 0.4) is 0 Å². The van der Waals surface area contributed by atoms with Crippen LogP contribution in [0, 0.1) is 5.21 Å². The average molecular weight is 312 g/mol. The Labute approximate surface area is 133 Å².